The maximum Gasteiger partial charge on any atom is -0.0103 e. The third-order valence-corrected chi connectivity index (χ3v) is 3.26. The van der Waals surface area contributed by atoms with E-state index in [-0.39, 0.29) is 0 Å². The zero-order valence-electron chi connectivity index (χ0n) is 11.4. The number of hydrogen-bond donors (Lipinski definition) is 0. The number of aryl methyl sites for hydroxylation is 1. The SMILES string of the molecule is CC.CCc1cccc2c1ccc1ccccc12. The summed E-state index contributed by atoms with van der Waals surface area (Å²) in [4.78, 5) is 0. The molecule has 0 aromatic heterocycles. The van der Waals surface area contributed by atoms with Crippen molar-refractivity contribution in [2.24, 2.45) is 0 Å². The number of hydrogen-bond acceptors (Lipinski definition) is 0. The van der Waals surface area contributed by atoms with Crippen LogP contribution in [0.4, 0.5) is 0 Å². The summed E-state index contributed by atoms with van der Waals surface area (Å²) in [5, 5.41) is 5.44. The first-order valence-electron chi connectivity index (χ1n) is 6.79. The fourth-order valence-corrected chi connectivity index (χ4v) is 2.41. The first kappa shape index (κ1) is 12.6. The van der Waals surface area contributed by atoms with Crippen molar-refractivity contribution in [1.82, 2.24) is 0 Å². The van der Waals surface area contributed by atoms with Crippen LogP contribution in [-0.2, 0) is 6.42 Å². The summed E-state index contributed by atoms with van der Waals surface area (Å²) in [5.74, 6) is 0. The third kappa shape index (κ3) is 2.11. The smallest absolute Gasteiger partial charge is 0.0103 e. The minimum atomic E-state index is 1.09. The molecule has 3 rings (SSSR count). The van der Waals surface area contributed by atoms with Gasteiger partial charge in [-0.3, -0.25) is 0 Å². The molecule has 0 saturated carbocycles. The Labute approximate surface area is 109 Å². The fourth-order valence-electron chi connectivity index (χ4n) is 2.41. The second kappa shape index (κ2) is 5.68. The van der Waals surface area contributed by atoms with Gasteiger partial charge in [0, 0.05) is 0 Å². The highest BCUT2D eigenvalue weighted by molar-refractivity contribution is 6.08. The van der Waals surface area contributed by atoms with Crippen molar-refractivity contribution in [2.45, 2.75) is 27.2 Å². The molecule has 3 aromatic carbocycles. The van der Waals surface area contributed by atoms with Gasteiger partial charge in [0.05, 0.1) is 0 Å². The molecule has 0 aliphatic rings. The summed E-state index contributed by atoms with van der Waals surface area (Å²) >= 11 is 0. The first-order chi connectivity index (χ1) is 8.90. The van der Waals surface area contributed by atoms with E-state index in [1.165, 1.54) is 27.1 Å². The van der Waals surface area contributed by atoms with Crippen LogP contribution in [0.2, 0.25) is 0 Å². The average Bonchev–Trinajstić information content (AvgIpc) is 2.48. The van der Waals surface area contributed by atoms with Crippen molar-refractivity contribution < 1.29 is 0 Å². The predicted octanol–water partition coefficient (Wildman–Crippen LogP) is 5.58. The molecule has 18 heavy (non-hydrogen) atoms. The van der Waals surface area contributed by atoms with E-state index < -0.39 is 0 Å². The van der Waals surface area contributed by atoms with Gasteiger partial charge in [0.2, 0.25) is 0 Å². The summed E-state index contributed by atoms with van der Waals surface area (Å²) in [6.07, 6.45) is 1.09. The van der Waals surface area contributed by atoms with E-state index in [2.05, 4.69) is 61.5 Å². The maximum absolute atomic E-state index is 2.25. The maximum atomic E-state index is 2.25. The highest BCUT2D eigenvalue weighted by Crippen LogP contribution is 2.27. The highest BCUT2D eigenvalue weighted by Gasteiger charge is 2.02. The van der Waals surface area contributed by atoms with E-state index in [4.69, 9.17) is 0 Å². The lowest BCUT2D eigenvalue weighted by Gasteiger charge is -2.07. The minimum Gasteiger partial charge on any atom is -0.0683 e. The standard InChI is InChI=1S/C16H14.C2H6/c1-2-12-7-5-9-16-14-8-4-3-6-13(14)10-11-15(12)16;1-2/h3-11H,2H2,1H3;1-2H3. The van der Waals surface area contributed by atoms with Crippen molar-refractivity contribution in [3.05, 3.63) is 60.2 Å². The Morgan fingerprint density at radius 1 is 0.667 bits per heavy atom. The lowest BCUT2D eigenvalue weighted by atomic mass is 9.97. The van der Waals surface area contributed by atoms with Crippen molar-refractivity contribution in [2.75, 3.05) is 0 Å². The Kier molecular flexibility index (Phi) is 3.99. The van der Waals surface area contributed by atoms with Gasteiger partial charge in [-0.1, -0.05) is 75.4 Å². The van der Waals surface area contributed by atoms with Gasteiger partial charge in [-0.05, 0) is 33.5 Å². The largest absolute Gasteiger partial charge is 0.0683 e. The molecule has 0 fully saturated rings. The summed E-state index contributed by atoms with van der Waals surface area (Å²) in [7, 11) is 0. The summed E-state index contributed by atoms with van der Waals surface area (Å²) < 4.78 is 0. The monoisotopic (exact) mass is 236 g/mol. The van der Waals surface area contributed by atoms with Crippen LogP contribution in [0.15, 0.2) is 54.6 Å². The molecule has 0 nitrogen and oxygen atoms in total. The molecule has 0 atom stereocenters. The van der Waals surface area contributed by atoms with Gasteiger partial charge in [-0.25, -0.2) is 0 Å². The van der Waals surface area contributed by atoms with E-state index in [1.54, 1.807) is 0 Å². The molecule has 0 bridgehead atoms. The number of fused-ring (bicyclic) bond motifs is 3. The summed E-state index contributed by atoms with van der Waals surface area (Å²) in [6.45, 7) is 6.21. The zero-order valence-corrected chi connectivity index (χ0v) is 11.4. The topological polar surface area (TPSA) is 0 Å². The van der Waals surface area contributed by atoms with Gasteiger partial charge in [-0.15, -0.1) is 0 Å². The van der Waals surface area contributed by atoms with Gasteiger partial charge < -0.3 is 0 Å². The Bertz CT molecular complexity index is 650. The molecule has 0 saturated heterocycles. The number of benzene rings is 3. The molecule has 0 amide bonds. The van der Waals surface area contributed by atoms with Gasteiger partial charge in [-0.2, -0.15) is 0 Å². The Morgan fingerprint density at radius 3 is 2.17 bits per heavy atom. The van der Waals surface area contributed by atoms with Crippen LogP contribution in [0.3, 0.4) is 0 Å². The molecule has 0 heterocycles. The van der Waals surface area contributed by atoms with Crippen molar-refractivity contribution in [3.8, 4) is 0 Å². The molecule has 0 unspecified atom stereocenters. The Balaban J connectivity index is 0.000000574. The molecule has 0 spiro atoms. The molecule has 3 aromatic rings. The van der Waals surface area contributed by atoms with Gasteiger partial charge >= 0.3 is 0 Å². The second-order valence-electron chi connectivity index (χ2n) is 4.15. The minimum absolute atomic E-state index is 1.09. The zero-order chi connectivity index (χ0) is 13.0. The Hall–Kier alpha value is -1.82. The third-order valence-electron chi connectivity index (χ3n) is 3.26. The highest BCUT2D eigenvalue weighted by atomic mass is 14.1. The van der Waals surface area contributed by atoms with E-state index in [0.29, 0.717) is 0 Å². The van der Waals surface area contributed by atoms with Crippen molar-refractivity contribution in [3.63, 3.8) is 0 Å². The predicted molar refractivity (Wildman–Crippen MR) is 82.2 cm³/mol. The Morgan fingerprint density at radius 2 is 1.39 bits per heavy atom. The lowest BCUT2D eigenvalue weighted by molar-refractivity contribution is 1.16. The molecule has 0 N–H and O–H groups in total. The van der Waals surface area contributed by atoms with Crippen LogP contribution in [0.1, 0.15) is 26.3 Å². The van der Waals surface area contributed by atoms with Crippen LogP contribution in [0, 0.1) is 0 Å². The van der Waals surface area contributed by atoms with Crippen LogP contribution >= 0.6 is 0 Å². The molecule has 0 heteroatoms. The van der Waals surface area contributed by atoms with E-state index >= 15 is 0 Å². The molecule has 0 radical (unpaired) electrons. The van der Waals surface area contributed by atoms with Crippen LogP contribution in [0.25, 0.3) is 21.5 Å². The van der Waals surface area contributed by atoms with Crippen LogP contribution in [-0.4, -0.2) is 0 Å². The first-order valence-corrected chi connectivity index (χ1v) is 6.79. The molecule has 92 valence electrons. The molecular formula is C18H20. The summed E-state index contributed by atoms with van der Waals surface area (Å²) in [6, 6.07) is 19.7. The summed E-state index contributed by atoms with van der Waals surface area (Å²) in [5.41, 5.74) is 1.43. The number of rotatable bonds is 1. The van der Waals surface area contributed by atoms with Crippen LogP contribution in [0.5, 0.6) is 0 Å². The average molecular weight is 236 g/mol. The van der Waals surface area contributed by atoms with Gasteiger partial charge in [0.25, 0.3) is 0 Å². The van der Waals surface area contributed by atoms with E-state index in [9.17, 15) is 0 Å². The van der Waals surface area contributed by atoms with Gasteiger partial charge in [0.1, 0.15) is 0 Å². The van der Waals surface area contributed by atoms with Crippen LogP contribution < -0.4 is 0 Å². The molecule has 0 aliphatic heterocycles. The van der Waals surface area contributed by atoms with E-state index in [0.717, 1.165) is 6.42 Å². The van der Waals surface area contributed by atoms with Gasteiger partial charge in [0.15, 0.2) is 0 Å². The quantitative estimate of drug-likeness (QED) is 0.484. The van der Waals surface area contributed by atoms with Crippen molar-refractivity contribution >= 4 is 21.5 Å². The normalized spacial score (nSPS) is 10.2. The lowest BCUT2D eigenvalue weighted by Crippen LogP contribution is -1.84. The molecule has 0 aliphatic carbocycles. The fraction of sp³-hybridized carbons (Fsp3) is 0.222. The van der Waals surface area contributed by atoms with Crippen molar-refractivity contribution in [1.29, 1.82) is 0 Å². The second-order valence-corrected chi connectivity index (χ2v) is 4.15. The molecular weight excluding hydrogens is 216 g/mol. The van der Waals surface area contributed by atoms with E-state index in [1.807, 2.05) is 13.8 Å².